The molecule has 2 aromatic carbocycles. The Balaban J connectivity index is 2.21. The van der Waals surface area contributed by atoms with Gasteiger partial charge in [0.1, 0.15) is 17.3 Å². The molecule has 0 amide bonds. The summed E-state index contributed by atoms with van der Waals surface area (Å²) in [5.74, 6) is -3.90. The maximum absolute atomic E-state index is 15.2. The fourth-order valence-electron chi connectivity index (χ4n) is 4.07. The highest BCUT2D eigenvalue weighted by Gasteiger charge is 2.39. The number of alkyl halides is 1. The van der Waals surface area contributed by atoms with Crippen molar-refractivity contribution in [2.45, 2.75) is 44.9 Å². The van der Waals surface area contributed by atoms with E-state index in [4.69, 9.17) is 5.11 Å². The minimum atomic E-state index is -1.67. The number of phenolic OH excluding ortho intramolecular Hbond substituents is 2. The van der Waals surface area contributed by atoms with Gasteiger partial charge in [-0.25, -0.2) is 18.0 Å². The highest BCUT2D eigenvalue weighted by molar-refractivity contribution is 5.85. The first-order valence-electron chi connectivity index (χ1n) is 9.76. The van der Waals surface area contributed by atoms with Gasteiger partial charge in [0.05, 0.1) is 6.04 Å². The number of carboxylic acids is 1. The number of carboxylic acid groups (broad SMARTS) is 1. The minimum absolute atomic E-state index is 0.0242. The van der Waals surface area contributed by atoms with Crippen LogP contribution in [0, 0.1) is 11.6 Å². The van der Waals surface area contributed by atoms with Crippen LogP contribution in [0.2, 0.25) is 0 Å². The third-order valence-electron chi connectivity index (χ3n) is 5.30. The van der Waals surface area contributed by atoms with E-state index < -0.39 is 35.1 Å². The number of phenols is 2. The third kappa shape index (κ3) is 4.85. The van der Waals surface area contributed by atoms with Crippen molar-refractivity contribution in [1.82, 2.24) is 4.90 Å². The third-order valence-corrected chi connectivity index (χ3v) is 5.30. The highest BCUT2D eigenvalue weighted by atomic mass is 19.1. The first-order chi connectivity index (χ1) is 14.4. The van der Waals surface area contributed by atoms with Gasteiger partial charge in [0, 0.05) is 24.2 Å². The van der Waals surface area contributed by atoms with Gasteiger partial charge in [0.25, 0.3) is 0 Å². The van der Waals surface area contributed by atoms with Gasteiger partial charge in [0.15, 0.2) is 11.5 Å². The number of aliphatic carboxylic acids is 1. The van der Waals surface area contributed by atoms with Gasteiger partial charge >= 0.3 is 5.97 Å². The Morgan fingerprint density at radius 3 is 2.29 bits per heavy atom. The Morgan fingerprint density at radius 2 is 1.74 bits per heavy atom. The fourth-order valence-corrected chi connectivity index (χ4v) is 4.07. The number of halogens is 3. The summed E-state index contributed by atoms with van der Waals surface area (Å²) in [6.07, 6.45) is 2.23. The van der Waals surface area contributed by atoms with Crippen LogP contribution in [0.25, 0.3) is 6.08 Å². The Labute approximate surface area is 178 Å². The second-order valence-corrected chi connectivity index (χ2v) is 8.46. The number of aromatic hydroxyl groups is 2. The molecule has 5 nitrogen and oxygen atoms in total. The van der Waals surface area contributed by atoms with Crippen molar-refractivity contribution in [3.63, 3.8) is 0 Å². The Hall–Kier alpha value is -3.00. The topological polar surface area (TPSA) is 81.0 Å². The van der Waals surface area contributed by atoms with Crippen LogP contribution in [-0.2, 0) is 11.2 Å². The molecule has 0 fully saturated rings. The van der Waals surface area contributed by atoms with Gasteiger partial charge in [-0.15, -0.1) is 0 Å². The van der Waals surface area contributed by atoms with Crippen molar-refractivity contribution in [3.8, 4) is 11.5 Å². The summed E-state index contributed by atoms with van der Waals surface area (Å²) in [7, 11) is 0. The maximum atomic E-state index is 15.2. The van der Waals surface area contributed by atoms with Gasteiger partial charge < -0.3 is 15.3 Å². The lowest BCUT2D eigenvalue weighted by atomic mass is 9.83. The first-order valence-corrected chi connectivity index (χ1v) is 9.76. The molecule has 0 spiro atoms. The monoisotopic (exact) mass is 435 g/mol. The number of carbonyl (C=O) groups is 1. The van der Waals surface area contributed by atoms with Gasteiger partial charge in [-0.3, -0.25) is 4.90 Å². The van der Waals surface area contributed by atoms with Crippen LogP contribution in [0.3, 0.4) is 0 Å². The second kappa shape index (κ2) is 8.26. The number of hydrogen-bond acceptors (Lipinski definition) is 4. The Kier molecular flexibility index (Phi) is 6.04. The maximum Gasteiger partial charge on any atom is 0.328 e. The van der Waals surface area contributed by atoms with E-state index in [1.54, 1.807) is 11.8 Å². The van der Waals surface area contributed by atoms with Crippen molar-refractivity contribution in [2.75, 3.05) is 6.54 Å². The molecule has 1 heterocycles. The van der Waals surface area contributed by atoms with E-state index in [1.165, 1.54) is 26.0 Å². The molecule has 3 rings (SSSR count). The largest absolute Gasteiger partial charge is 0.504 e. The van der Waals surface area contributed by atoms with Crippen LogP contribution < -0.4 is 0 Å². The molecule has 0 saturated heterocycles. The molecule has 3 N–H and O–H groups in total. The van der Waals surface area contributed by atoms with Gasteiger partial charge in [0.2, 0.25) is 0 Å². The van der Waals surface area contributed by atoms with Crippen molar-refractivity contribution in [3.05, 3.63) is 64.2 Å². The van der Waals surface area contributed by atoms with Crippen molar-refractivity contribution < 1.29 is 33.3 Å². The molecule has 31 heavy (non-hydrogen) atoms. The summed E-state index contributed by atoms with van der Waals surface area (Å²) in [4.78, 5) is 12.3. The summed E-state index contributed by atoms with van der Waals surface area (Å²) >= 11 is 0. The van der Waals surface area contributed by atoms with Crippen molar-refractivity contribution in [1.29, 1.82) is 0 Å². The minimum Gasteiger partial charge on any atom is -0.504 e. The summed E-state index contributed by atoms with van der Waals surface area (Å²) in [5, 5.41) is 28.7. The molecule has 2 atom stereocenters. The van der Waals surface area contributed by atoms with Crippen LogP contribution in [0.1, 0.15) is 49.1 Å². The van der Waals surface area contributed by atoms with Crippen LogP contribution >= 0.6 is 0 Å². The summed E-state index contributed by atoms with van der Waals surface area (Å²) < 4.78 is 45.0. The van der Waals surface area contributed by atoms with E-state index in [1.807, 2.05) is 0 Å². The molecule has 166 valence electrons. The fraction of sp³-hybridized carbons (Fsp3) is 0.348. The predicted molar refractivity (Wildman–Crippen MR) is 110 cm³/mol. The van der Waals surface area contributed by atoms with Crippen molar-refractivity contribution in [2.24, 2.45) is 0 Å². The normalized spacial score (nSPS) is 19.5. The summed E-state index contributed by atoms with van der Waals surface area (Å²) in [5.41, 5.74) is -1.02. The van der Waals surface area contributed by atoms with E-state index in [0.717, 1.165) is 24.3 Å². The zero-order valence-electron chi connectivity index (χ0n) is 17.4. The Morgan fingerprint density at radius 1 is 1.16 bits per heavy atom. The number of fused-ring (bicyclic) bond motifs is 1. The van der Waals surface area contributed by atoms with Gasteiger partial charge in [-0.05, 0) is 74.2 Å². The number of benzene rings is 2. The zero-order chi connectivity index (χ0) is 23.1. The zero-order valence-corrected chi connectivity index (χ0v) is 17.4. The molecule has 8 heteroatoms. The van der Waals surface area contributed by atoms with E-state index in [0.29, 0.717) is 17.5 Å². The molecule has 2 aromatic rings. The van der Waals surface area contributed by atoms with Crippen molar-refractivity contribution >= 4 is 12.0 Å². The molecular formula is C23H24F3NO4. The molecule has 0 saturated carbocycles. The quantitative estimate of drug-likeness (QED) is 0.474. The summed E-state index contributed by atoms with van der Waals surface area (Å²) in [6.45, 7) is 4.41. The predicted octanol–water partition coefficient (Wildman–Crippen LogP) is 4.56. The lowest BCUT2D eigenvalue weighted by Gasteiger charge is -2.44. The standard InChI is InChI=1S/C23H24F3NO4/c1-12-6-14-9-18(28)19(29)10-15(14)22(27(12)11-23(2,3)26)21-16(24)7-13(8-17(21)25)4-5-20(30)31/h4-5,7-10,12,22,28-29H,6,11H2,1-3H3,(H,30,31)/b5-4+. The van der Waals surface area contributed by atoms with Gasteiger partial charge in [-0.2, -0.15) is 0 Å². The van der Waals surface area contributed by atoms with E-state index in [9.17, 15) is 19.4 Å². The molecule has 0 radical (unpaired) electrons. The number of nitrogens with zero attached hydrogens (tertiary/aromatic N) is 1. The Bertz CT molecular complexity index is 1020. The lowest BCUT2D eigenvalue weighted by molar-refractivity contribution is -0.131. The average Bonchev–Trinajstić information content (AvgIpc) is 2.62. The molecule has 1 aliphatic heterocycles. The highest BCUT2D eigenvalue weighted by Crippen LogP contribution is 2.44. The number of rotatable bonds is 5. The lowest BCUT2D eigenvalue weighted by Crippen LogP contribution is -2.48. The SMILES string of the molecule is CC1Cc2cc(O)c(O)cc2C(c2c(F)cc(/C=C/C(=O)O)cc2F)N1CC(C)(C)F. The van der Waals surface area contributed by atoms with Crippen LogP contribution in [0.4, 0.5) is 13.2 Å². The molecule has 0 bridgehead atoms. The van der Waals surface area contributed by atoms with E-state index >= 15 is 8.78 Å². The molecule has 1 aliphatic rings. The van der Waals surface area contributed by atoms with Crippen LogP contribution in [0.5, 0.6) is 11.5 Å². The van der Waals surface area contributed by atoms with E-state index in [-0.39, 0.29) is 29.5 Å². The molecule has 0 aromatic heterocycles. The van der Waals surface area contributed by atoms with Crippen LogP contribution in [0.15, 0.2) is 30.3 Å². The molecule has 2 unspecified atom stereocenters. The average molecular weight is 435 g/mol. The first kappa shape index (κ1) is 22.7. The summed E-state index contributed by atoms with van der Waals surface area (Å²) in [6, 6.07) is 3.24. The molecule has 0 aliphatic carbocycles. The van der Waals surface area contributed by atoms with Crippen LogP contribution in [-0.4, -0.2) is 44.4 Å². The molecular weight excluding hydrogens is 411 g/mol. The van der Waals surface area contributed by atoms with E-state index in [2.05, 4.69) is 0 Å². The number of hydrogen-bond donors (Lipinski definition) is 3. The second-order valence-electron chi connectivity index (χ2n) is 8.46. The van der Waals surface area contributed by atoms with Gasteiger partial charge in [-0.1, -0.05) is 0 Å². The smallest absolute Gasteiger partial charge is 0.328 e.